The van der Waals surface area contributed by atoms with Gasteiger partial charge in [-0.3, -0.25) is 0 Å². The molecule has 1 atom stereocenters. The van der Waals surface area contributed by atoms with Crippen LogP contribution < -0.4 is 4.74 Å². The highest BCUT2D eigenvalue weighted by atomic mass is 19.4. The van der Waals surface area contributed by atoms with Crippen LogP contribution in [0.15, 0.2) is 42.5 Å². The van der Waals surface area contributed by atoms with Gasteiger partial charge in [0.2, 0.25) is 0 Å². The van der Waals surface area contributed by atoms with Gasteiger partial charge in [-0.25, -0.2) is 9.59 Å². The number of unbranched alkanes of at least 4 members (excludes halogenated alkanes) is 1. The van der Waals surface area contributed by atoms with Crippen LogP contribution in [0.3, 0.4) is 0 Å². The first kappa shape index (κ1) is 32.3. The van der Waals surface area contributed by atoms with Gasteiger partial charge in [0.1, 0.15) is 5.75 Å². The Morgan fingerprint density at radius 2 is 1.63 bits per heavy atom. The number of carbonyl (C=O) groups excluding carboxylic acids is 2. The molecule has 3 rings (SSSR count). The molecule has 0 spiro atoms. The Bertz CT molecular complexity index is 1160. The molecular formula is C32H43F3N2O4. The van der Waals surface area contributed by atoms with Crippen molar-refractivity contribution < 1.29 is 32.2 Å². The topological polar surface area (TPSA) is 59.1 Å². The summed E-state index contributed by atoms with van der Waals surface area (Å²) in [7, 11) is 1.81. The highest BCUT2D eigenvalue weighted by Gasteiger charge is 2.34. The molecule has 1 aliphatic rings. The Kier molecular flexibility index (Phi) is 11.1. The molecule has 1 aliphatic heterocycles. The second kappa shape index (κ2) is 14.1. The number of likely N-dealkylation sites (N-methyl/N-ethyl adjacent to an activating group) is 1. The van der Waals surface area contributed by atoms with Gasteiger partial charge in [-0.15, -0.1) is 0 Å². The van der Waals surface area contributed by atoms with E-state index in [0.29, 0.717) is 25.4 Å². The van der Waals surface area contributed by atoms with E-state index in [1.165, 1.54) is 17.7 Å². The average molecular weight is 577 g/mol. The number of esters is 1. The maximum absolute atomic E-state index is 12.8. The number of hydrogen-bond donors (Lipinski definition) is 0. The number of halogens is 3. The Morgan fingerprint density at radius 1 is 0.976 bits per heavy atom. The molecule has 41 heavy (non-hydrogen) atoms. The summed E-state index contributed by atoms with van der Waals surface area (Å²) >= 11 is 0. The zero-order chi connectivity index (χ0) is 30.2. The first-order valence-corrected chi connectivity index (χ1v) is 14.5. The number of ether oxygens (including phenoxy) is 2. The normalized spacial score (nSPS) is 15.9. The number of aryl methyl sites for hydroxylation is 2. The van der Waals surface area contributed by atoms with Gasteiger partial charge in [0.25, 0.3) is 0 Å². The Hall–Kier alpha value is -3.23. The lowest BCUT2D eigenvalue weighted by molar-refractivity contribution is -0.158. The quantitative estimate of drug-likeness (QED) is 0.225. The van der Waals surface area contributed by atoms with E-state index in [-0.39, 0.29) is 17.6 Å². The van der Waals surface area contributed by atoms with Crippen LogP contribution in [-0.2, 0) is 35.3 Å². The molecule has 9 heteroatoms. The van der Waals surface area contributed by atoms with Gasteiger partial charge in [0, 0.05) is 20.1 Å². The third-order valence-corrected chi connectivity index (χ3v) is 7.41. The fourth-order valence-corrected chi connectivity index (χ4v) is 5.08. The van der Waals surface area contributed by atoms with Gasteiger partial charge in [-0.1, -0.05) is 49.7 Å². The van der Waals surface area contributed by atoms with E-state index < -0.39 is 24.2 Å². The molecule has 1 fully saturated rings. The number of alkyl halides is 3. The van der Waals surface area contributed by atoms with Gasteiger partial charge < -0.3 is 19.3 Å². The van der Waals surface area contributed by atoms with Crippen LogP contribution in [0.1, 0.15) is 75.6 Å². The fraction of sp³-hybridized carbons (Fsp3) is 0.562. The van der Waals surface area contributed by atoms with Crippen LogP contribution in [0.2, 0.25) is 0 Å². The van der Waals surface area contributed by atoms with Crippen LogP contribution in [0.4, 0.5) is 18.0 Å². The number of rotatable bonds is 14. The van der Waals surface area contributed by atoms with Gasteiger partial charge in [-0.2, -0.15) is 13.2 Å². The first-order valence-electron chi connectivity index (χ1n) is 14.5. The summed E-state index contributed by atoms with van der Waals surface area (Å²) in [5.41, 5.74) is 2.19. The lowest BCUT2D eigenvalue weighted by Crippen LogP contribution is -2.40. The number of urea groups is 1. The lowest BCUT2D eigenvalue weighted by Gasteiger charge is -2.26. The van der Waals surface area contributed by atoms with E-state index >= 15 is 0 Å². The second-order valence-electron chi connectivity index (χ2n) is 11.3. The van der Waals surface area contributed by atoms with E-state index in [2.05, 4.69) is 13.0 Å². The molecule has 2 aromatic carbocycles. The number of benzene rings is 2. The lowest BCUT2D eigenvalue weighted by atomic mass is 9.99. The van der Waals surface area contributed by atoms with Gasteiger partial charge in [0.15, 0.2) is 5.60 Å². The van der Waals surface area contributed by atoms with Crippen molar-refractivity contribution in [2.75, 3.05) is 20.2 Å². The third-order valence-electron chi connectivity index (χ3n) is 7.41. The molecule has 0 aliphatic carbocycles. The van der Waals surface area contributed by atoms with E-state index in [4.69, 9.17) is 9.47 Å². The molecular weight excluding hydrogens is 533 g/mol. The van der Waals surface area contributed by atoms with Gasteiger partial charge in [0.05, 0.1) is 19.1 Å². The van der Waals surface area contributed by atoms with Crippen molar-refractivity contribution in [1.29, 1.82) is 0 Å². The van der Waals surface area contributed by atoms with Gasteiger partial charge >= 0.3 is 18.2 Å². The number of amides is 2. The smallest absolute Gasteiger partial charge is 0.393 e. The summed E-state index contributed by atoms with van der Waals surface area (Å²) < 4.78 is 49.2. The minimum absolute atomic E-state index is 0.0677. The van der Waals surface area contributed by atoms with E-state index in [0.717, 1.165) is 49.7 Å². The van der Waals surface area contributed by atoms with Crippen molar-refractivity contribution in [2.24, 2.45) is 0 Å². The van der Waals surface area contributed by atoms with Crippen LogP contribution in [0.5, 0.6) is 5.75 Å². The number of hydrogen-bond acceptors (Lipinski definition) is 4. The maximum atomic E-state index is 12.8. The molecule has 1 unspecified atom stereocenters. The summed E-state index contributed by atoms with van der Waals surface area (Å²) in [6.07, 6.45) is 0.283. The molecule has 2 amide bonds. The average Bonchev–Trinajstić information content (AvgIpc) is 3.16. The van der Waals surface area contributed by atoms with Gasteiger partial charge in [-0.05, 0) is 81.2 Å². The minimum atomic E-state index is -4.24. The molecule has 0 bridgehead atoms. The largest absolute Gasteiger partial charge is 0.476 e. The minimum Gasteiger partial charge on any atom is -0.476 e. The molecule has 2 aromatic rings. The molecule has 0 N–H and O–H groups in total. The zero-order valence-corrected chi connectivity index (χ0v) is 24.9. The van der Waals surface area contributed by atoms with E-state index in [1.807, 2.05) is 12.1 Å². The second-order valence-corrected chi connectivity index (χ2v) is 11.3. The summed E-state index contributed by atoms with van der Waals surface area (Å²) in [5, 5.41) is 0. The zero-order valence-electron chi connectivity index (χ0n) is 24.9. The van der Waals surface area contributed by atoms with Crippen molar-refractivity contribution in [2.45, 2.75) is 97.0 Å². The highest BCUT2D eigenvalue weighted by molar-refractivity contribution is 5.79. The Balaban J connectivity index is 1.57. The fourth-order valence-electron chi connectivity index (χ4n) is 5.08. The number of carbonyl (C=O) groups is 2. The summed E-state index contributed by atoms with van der Waals surface area (Å²) in [4.78, 5) is 28.7. The van der Waals surface area contributed by atoms with Crippen molar-refractivity contribution in [1.82, 2.24) is 9.80 Å². The van der Waals surface area contributed by atoms with Crippen molar-refractivity contribution in [3.63, 3.8) is 0 Å². The van der Waals surface area contributed by atoms with Crippen LogP contribution in [0, 0.1) is 0 Å². The standard InChI is InChI=1S/C32H43F3N2O4/c1-6-8-11-26-19-23(17-18-28(26)41-31(3,4)29(38)40-7-2)10-9-12-27-22-37(30(39)36(27)5)21-25-15-13-24(14-16-25)20-32(33,34)35/h13-19,27H,6-12,20-22H2,1-5H3. The third kappa shape index (κ3) is 9.40. The highest BCUT2D eigenvalue weighted by Crippen LogP contribution is 2.29. The van der Waals surface area contributed by atoms with Crippen molar-refractivity contribution >= 4 is 12.0 Å². The SMILES string of the molecule is CCCCc1cc(CCCC2CN(Cc3ccc(CC(F)(F)F)cc3)C(=O)N2C)ccc1OC(C)(C)C(=O)OCC. The van der Waals surface area contributed by atoms with E-state index in [1.54, 1.807) is 49.8 Å². The van der Waals surface area contributed by atoms with E-state index in [9.17, 15) is 22.8 Å². The Labute approximate surface area is 241 Å². The molecule has 6 nitrogen and oxygen atoms in total. The van der Waals surface area contributed by atoms with Crippen molar-refractivity contribution in [3.05, 3.63) is 64.7 Å². The molecule has 226 valence electrons. The molecule has 1 heterocycles. The summed E-state index contributed by atoms with van der Waals surface area (Å²) in [5.74, 6) is 0.303. The first-order chi connectivity index (χ1) is 19.3. The maximum Gasteiger partial charge on any atom is 0.393 e. The predicted octanol–water partition coefficient (Wildman–Crippen LogP) is 7.11. The van der Waals surface area contributed by atoms with Crippen LogP contribution >= 0.6 is 0 Å². The monoisotopic (exact) mass is 576 g/mol. The molecule has 0 saturated carbocycles. The summed E-state index contributed by atoms with van der Waals surface area (Å²) in [6.45, 7) is 8.59. The molecule has 0 aromatic heterocycles. The Morgan fingerprint density at radius 3 is 2.27 bits per heavy atom. The predicted molar refractivity (Wildman–Crippen MR) is 153 cm³/mol. The van der Waals surface area contributed by atoms with Crippen molar-refractivity contribution in [3.8, 4) is 5.75 Å². The van der Waals surface area contributed by atoms with Crippen LogP contribution in [-0.4, -0.2) is 59.8 Å². The number of nitrogens with zero attached hydrogens (tertiary/aromatic N) is 2. The molecule has 1 saturated heterocycles. The van der Waals surface area contributed by atoms with Crippen LogP contribution in [0.25, 0.3) is 0 Å². The molecule has 0 radical (unpaired) electrons. The summed E-state index contributed by atoms with van der Waals surface area (Å²) in [6, 6.07) is 12.4.